The van der Waals surface area contributed by atoms with Crippen molar-refractivity contribution in [2.45, 2.75) is 12.8 Å². The Balaban J connectivity index is 2.03. The highest BCUT2D eigenvalue weighted by molar-refractivity contribution is 7.86. The topological polar surface area (TPSA) is 69.7 Å². The fourth-order valence-electron chi connectivity index (χ4n) is 2.37. The number of carbonyl (C=O) groups is 1. The Kier molecular flexibility index (Phi) is 5.15. The van der Waals surface area contributed by atoms with Gasteiger partial charge in [0, 0.05) is 32.9 Å². The van der Waals surface area contributed by atoms with Gasteiger partial charge in [-0.1, -0.05) is 0 Å². The van der Waals surface area contributed by atoms with Crippen molar-refractivity contribution in [1.82, 2.24) is 8.61 Å². The minimum Gasteiger partial charge on any atom is -0.326 e. The minimum atomic E-state index is -3.51. The maximum Gasteiger partial charge on any atom is 0.281 e. The van der Waals surface area contributed by atoms with E-state index in [1.54, 1.807) is 0 Å². The molecule has 1 saturated heterocycles. The molecule has 0 aromatic heterocycles. The fourth-order valence-corrected chi connectivity index (χ4v) is 3.56. The van der Waals surface area contributed by atoms with Crippen LogP contribution in [-0.4, -0.2) is 50.1 Å². The number of carbonyl (C=O) groups excluding carboxylic acids is 1. The molecular formula is C14H20FN3O3S. The third-order valence-electron chi connectivity index (χ3n) is 3.65. The predicted octanol–water partition coefficient (Wildman–Crippen LogP) is 1.28. The molecule has 6 nitrogen and oxygen atoms in total. The number of halogens is 1. The van der Waals surface area contributed by atoms with Gasteiger partial charge in [0.1, 0.15) is 5.82 Å². The number of nitrogens with zero attached hydrogens (tertiary/aromatic N) is 2. The van der Waals surface area contributed by atoms with Gasteiger partial charge in [-0.3, -0.25) is 4.79 Å². The van der Waals surface area contributed by atoms with E-state index in [0.29, 0.717) is 25.1 Å². The number of piperidine rings is 1. The van der Waals surface area contributed by atoms with Gasteiger partial charge >= 0.3 is 0 Å². The van der Waals surface area contributed by atoms with E-state index in [2.05, 4.69) is 5.32 Å². The summed E-state index contributed by atoms with van der Waals surface area (Å²) >= 11 is 0. The second-order valence-electron chi connectivity index (χ2n) is 5.48. The summed E-state index contributed by atoms with van der Waals surface area (Å²) in [6.45, 7) is 0.578. The molecule has 1 fully saturated rings. The minimum absolute atomic E-state index is 0.160. The van der Waals surface area contributed by atoms with Gasteiger partial charge in [0.05, 0.1) is 5.92 Å². The van der Waals surface area contributed by atoms with E-state index in [0.717, 1.165) is 4.31 Å². The molecule has 1 aromatic rings. The van der Waals surface area contributed by atoms with Gasteiger partial charge in [0.15, 0.2) is 0 Å². The van der Waals surface area contributed by atoms with Crippen LogP contribution in [0.25, 0.3) is 0 Å². The molecule has 22 heavy (non-hydrogen) atoms. The van der Waals surface area contributed by atoms with Gasteiger partial charge in [-0.05, 0) is 37.1 Å². The van der Waals surface area contributed by atoms with Gasteiger partial charge in [-0.15, -0.1) is 0 Å². The summed E-state index contributed by atoms with van der Waals surface area (Å²) < 4.78 is 39.6. The van der Waals surface area contributed by atoms with Crippen molar-refractivity contribution in [2.24, 2.45) is 5.92 Å². The van der Waals surface area contributed by atoms with Crippen molar-refractivity contribution in [1.29, 1.82) is 0 Å². The van der Waals surface area contributed by atoms with E-state index in [1.165, 1.54) is 42.7 Å². The van der Waals surface area contributed by atoms with Gasteiger partial charge in [-0.25, -0.2) is 4.39 Å². The molecule has 1 amide bonds. The molecule has 1 aromatic carbocycles. The quantitative estimate of drug-likeness (QED) is 0.905. The zero-order valence-electron chi connectivity index (χ0n) is 12.6. The smallest absolute Gasteiger partial charge is 0.281 e. The van der Waals surface area contributed by atoms with Gasteiger partial charge in [0.2, 0.25) is 5.91 Å². The summed E-state index contributed by atoms with van der Waals surface area (Å²) in [7, 11) is -0.568. The van der Waals surface area contributed by atoms with Crippen LogP contribution in [0.2, 0.25) is 0 Å². The third kappa shape index (κ3) is 3.82. The Morgan fingerprint density at radius 3 is 2.55 bits per heavy atom. The van der Waals surface area contributed by atoms with Crippen molar-refractivity contribution in [2.75, 3.05) is 32.5 Å². The van der Waals surface area contributed by atoms with Crippen LogP contribution in [-0.2, 0) is 15.0 Å². The molecule has 0 radical (unpaired) electrons. The molecule has 0 spiro atoms. The highest BCUT2D eigenvalue weighted by Crippen LogP contribution is 2.22. The lowest BCUT2D eigenvalue weighted by molar-refractivity contribution is -0.120. The van der Waals surface area contributed by atoms with Crippen molar-refractivity contribution >= 4 is 21.8 Å². The fraction of sp³-hybridized carbons (Fsp3) is 0.500. The van der Waals surface area contributed by atoms with Crippen LogP contribution < -0.4 is 5.32 Å². The lowest BCUT2D eigenvalue weighted by Gasteiger charge is -2.32. The highest BCUT2D eigenvalue weighted by Gasteiger charge is 2.33. The number of rotatable bonds is 4. The SMILES string of the molecule is CN(C)S(=O)(=O)N1CCC[C@@H](C(=O)Nc2ccc(F)cc2)C1. The summed E-state index contributed by atoms with van der Waals surface area (Å²) in [6, 6.07) is 5.48. The first-order chi connectivity index (χ1) is 10.3. The van der Waals surface area contributed by atoms with Crippen LogP contribution in [0.1, 0.15) is 12.8 Å². The molecule has 0 bridgehead atoms. The first kappa shape index (κ1) is 16.9. The Morgan fingerprint density at radius 1 is 1.32 bits per heavy atom. The van der Waals surface area contributed by atoms with Crippen LogP contribution >= 0.6 is 0 Å². The number of hydrogen-bond acceptors (Lipinski definition) is 3. The van der Waals surface area contributed by atoms with Crippen LogP contribution in [0.5, 0.6) is 0 Å². The first-order valence-electron chi connectivity index (χ1n) is 7.05. The van der Waals surface area contributed by atoms with Crippen LogP contribution in [0.3, 0.4) is 0 Å². The molecule has 0 saturated carbocycles. The second kappa shape index (κ2) is 6.72. The van der Waals surface area contributed by atoms with Crippen molar-refractivity contribution in [3.05, 3.63) is 30.1 Å². The molecule has 0 aliphatic carbocycles. The average molecular weight is 329 g/mol. The largest absolute Gasteiger partial charge is 0.326 e. The molecule has 1 atom stereocenters. The Labute approximate surface area is 130 Å². The highest BCUT2D eigenvalue weighted by atomic mass is 32.2. The molecule has 8 heteroatoms. The number of nitrogens with one attached hydrogen (secondary N) is 1. The first-order valence-corrected chi connectivity index (χ1v) is 8.44. The van der Waals surface area contributed by atoms with Gasteiger partial charge < -0.3 is 5.32 Å². The Morgan fingerprint density at radius 2 is 1.95 bits per heavy atom. The average Bonchev–Trinajstić information content (AvgIpc) is 2.49. The monoisotopic (exact) mass is 329 g/mol. The lowest BCUT2D eigenvalue weighted by Crippen LogP contribution is -2.47. The molecule has 2 rings (SSSR count). The molecular weight excluding hydrogens is 309 g/mol. The zero-order valence-corrected chi connectivity index (χ0v) is 13.4. The Bertz CT molecular complexity index is 631. The van der Waals surface area contributed by atoms with Crippen LogP contribution in [0.15, 0.2) is 24.3 Å². The predicted molar refractivity (Wildman–Crippen MR) is 81.9 cm³/mol. The van der Waals surface area contributed by atoms with Gasteiger partial charge in [0.25, 0.3) is 10.2 Å². The molecule has 1 aliphatic heterocycles. The van der Waals surface area contributed by atoms with E-state index in [4.69, 9.17) is 0 Å². The van der Waals surface area contributed by atoms with Crippen molar-refractivity contribution in [3.63, 3.8) is 0 Å². The second-order valence-corrected chi connectivity index (χ2v) is 7.63. The van der Waals surface area contributed by atoms with E-state index in [1.807, 2.05) is 0 Å². The number of amides is 1. The van der Waals surface area contributed by atoms with E-state index < -0.39 is 16.1 Å². The normalized spacial score (nSPS) is 20.1. The van der Waals surface area contributed by atoms with Crippen molar-refractivity contribution < 1.29 is 17.6 Å². The molecule has 1 N–H and O–H groups in total. The van der Waals surface area contributed by atoms with E-state index in [9.17, 15) is 17.6 Å². The zero-order chi connectivity index (χ0) is 16.3. The van der Waals surface area contributed by atoms with Crippen molar-refractivity contribution in [3.8, 4) is 0 Å². The maximum atomic E-state index is 12.8. The molecule has 1 aliphatic rings. The maximum absolute atomic E-state index is 12.8. The standard InChI is InChI=1S/C14H20FN3O3S/c1-17(2)22(20,21)18-9-3-4-11(10-18)14(19)16-13-7-5-12(15)6-8-13/h5-8,11H,3-4,9-10H2,1-2H3,(H,16,19)/t11-/m1/s1. The summed E-state index contributed by atoms with van der Waals surface area (Å²) in [5.41, 5.74) is 0.499. The lowest BCUT2D eigenvalue weighted by atomic mass is 9.99. The summed E-state index contributed by atoms with van der Waals surface area (Å²) in [5.74, 6) is -1.03. The van der Waals surface area contributed by atoms with E-state index >= 15 is 0 Å². The van der Waals surface area contributed by atoms with Gasteiger partial charge in [-0.2, -0.15) is 17.0 Å². The van der Waals surface area contributed by atoms with Crippen LogP contribution in [0.4, 0.5) is 10.1 Å². The van der Waals surface area contributed by atoms with Crippen LogP contribution in [0, 0.1) is 11.7 Å². The summed E-state index contributed by atoms with van der Waals surface area (Å²) in [5, 5.41) is 2.70. The Hall–Kier alpha value is -1.51. The summed E-state index contributed by atoms with van der Waals surface area (Å²) in [6.07, 6.45) is 1.26. The molecule has 122 valence electrons. The molecule has 0 unspecified atom stereocenters. The summed E-state index contributed by atoms with van der Waals surface area (Å²) in [4.78, 5) is 12.3. The number of hydrogen-bond donors (Lipinski definition) is 1. The number of anilines is 1. The number of benzene rings is 1. The van der Waals surface area contributed by atoms with E-state index in [-0.39, 0.29) is 18.3 Å². The molecule has 1 heterocycles. The third-order valence-corrected chi connectivity index (χ3v) is 5.56.